The van der Waals surface area contributed by atoms with E-state index in [1.807, 2.05) is 37.5 Å². The lowest BCUT2D eigenvalue weighted by molar-refractivity contribution is -0.143. The van der Waals surface area contributed by atoms with E-state index in [0.29, 0.717) is 18.5 Å². The highest BCUT2D eigenvalue weighted by molar-refractivity contribution is 5.83. The zero-order valence-corrected chi connectivity index (χ0v) is 15.1. The molecule has 136 valence electrons. The smallest absolute Gasteiger partial charge is 0.239 e. The van der Waals surface area contributed by atoms with Gasteiger partial charge in [-0.25, -0.2) is 9.97 Å². The number of carbonyl (C=O) groups excluding carboxylic acids is 1. The van der Waals surface area contributed by atoms with Gasteiger partial charge in [0.05, 0.1) is 6.04 Å². The Labute approximate surface area is 154 Å². The van der Waals surface area contributed by atoms with Crippen LogP contribution in [0.2, 0.25) is 0 Å². The van der Waals surface area contributed by atoms with Gasteiger partial charge in [-0.3, -0.25) is 9.69 Å². The number of carbonyl (C=O) groups is 1. The Hall–Kier alpha value is -2.47. The van der Waals surface area contributed by atoms with Crippen LogP contribution in [0, 0.1) is 0 Å². The Balaban J connectivity index is 1.36. The summed E-state index contributed by atoms with van der Waals surface area (Å²) in [7, 11) is 0. The van der Waals surface area contributed by atoms with Crippen molar-refractivity contribution in [3.05, 3.63) is 53.9 Å². The lowest BCUT2D eigenvalue weighted by atomic mass is 10.1. The van der Waals surface area contributed by atoms with Gasteiger partial charge in [-0.2, -0.15) is 0 Å². The van der Waals surface area contributed by atoms with Gasteiger partial charge < -0.3 is 10.2 Å². The molecule has 2 aromatic rings. The predicted octanol–water partition coefficient (Wildman–Crippen LogP) is 2.28. The molecule has 6 heteroatoms. The zero-order valence-electron chi connectivity index (χ0n) is 15.1. The van der Waals surface area contributed by atoms with Crippen molar-refractivity contribution < 1.29 is 4.79 Å². The highest BCUT2D eigenvalue weighted by Crippen LogP contribution is 2.26. The molecule has 0 saturated carbocycles. The molecule has 1 aromatic heterocycles. The number of hydrogen-bond donors (Lipinski definition) is 1. The average Bonchev–Trinajstić information content (AvgIpc) is 3.15. The molecule has 6 nitrogen and oxygen atoms in total. The van der Waals surface area contributed by atoms with Crippen molar-refractivity contribution in [2.24, 2.45) is 0 Å². The highest BCUT2D eigenvalue weighted by atomic mass is 16.2. The first-order valence-electron chi connectivity index (χ1n) is 9.34. The number of nitrogens with one attached hydrogen (secondary N) is 1. The van der Waals surface area contributed by atoms with E-state index in [1.54, 1.807) is 0 Å². The number of fused-ring (bicyclic) bond motifs is 1. The molecule has 2 saturated heterocycles. The van der Waals surface area contributed by atoms with Crippen LogP contribution >= 0.6 is 0 Å². The summed E-state index contributed by atoms with van der Waals surface area (Å²) < 4.78 is 0. The van der Waals surface area contributed by atoms with E-state index < -0.39 is 0 Å². The second-order valence-electron chi connectivity index (χ2n) is 7.19. The van der Waals surface area contributed by atoms with E-state index in [0.717, 1.165) is 38.0 Å². The van der Waals surface area contributed by atoms with Crippen LogP contribution in [0.25, 0.3) is 0 Å². The molecule has 0 radical (unpaired) electrons. The fraction of sp³-hybridized carbons (Fsp3) is 0.450. The largest absolute Gasteiger partial charge is 0.350 e. The van der Waals surface area contributed by atoms with E-state index in [2.05, 4.69) is 37.2 Å². The van der Waals surface area contributed by atoms with Crippen LogP contribution in [-0.4, -0.2) is 50.8 Å². The summed E-state index contributed by atoms with van der Waals surface area (Å²) in [5, 5.41) is 3.24. The van der Waals surface area contributed by atoms with E-state index in [1.165, 1.54) is 5.56 Å². The van der Waals surface area contributed by atoms with Gasteiger partial charge in [-0.05, 0) is 25.3 Å². The third kappa shape index (κ3) is 3.55. The molecule has 2 atom stereocenters. The first-order chi connectivity index (χ1) is 12.7. The Morgan fingerprint density at radius 1 is 1.15 bits per heavy atom. The second kappa shape index (κ2) is 7.41. The molecule has 0 aliphatic carbocycles. The van der Waals surface area contributed by atoms with Gasteiger partial charge in [-0.1, -0.05) is 30.3 Å². The Morgan fingerprint density at radius 3 is 2.69 bits per heavy atom. The van der Waals surface area contributed by atoms with Crippen molar-refractivity contribution in [3.63, 3.8) is 0 Å². The van der Waals surface area contributed by atoms with Gasteiger partial charge in [0.2, 0.25) is 11.9 Å². The van der Waals surface area contributed by atoms with Gasteiger partial charge in [0.1, 0.15) is 0 Å². The predicted molar refractivity (Wildman–Crippen MR) is 100 cm³/mol. The van der Waals surface area contributed by atoms with E-state index >= 15 is 0 Å². The topological polar surface area (TPSA) is 61.4 Å². The molecule has 1 aromatic carbocycles. The van der Waals surface area contributed by atoms with Crippen molar-refractivity contribution in [2.75, 3.05) is 18.4 Å². The van der Waals surface area contributed by atoms with Crippen molar-refractivity contribution in [3.8, 4) is 0 Å². The zero-order chi connectivity index (χ0) is 17.9. The molecular formula is C20H25N5O. The summed E-state index contributed by atoms with van der Waals surface area (Å²) in [6, 6.07) is 10.5. The number of amides is 1. The molecule has 1 N–H and O–H groups in total. The molecule has 0 bridgehead atoms. The number of nitrogens with zero attached hydrogens (tertiary/aromatic N) is 4. The van der Waals surface area contributed by atoms with Crippen LogP contribution in [0.4, 0.5) is 5.95 Å². The molecule has 3 heterocycles. The lowest BCUT2D eigenvalue weighted by Crippen LogP contribution is -2.58. The molecule has 26 heavy (non-hydrogen) atoms. The Morgan fingerprint density at radius 2 is 1.92 bits per heavy atom. The molecular weight excluding hydrogens is 326 g/mol. The minimum atomic E-state index is -0.0692. The van der Waals surface area contributed by atoms with E-state index in [-0.39, 0.29) is 11.9 Å². The van der Waals surface area contributed by atoms with Crippen molar-refractivity contribution >= 4 is 11.9 Å². The first kappa shape index (κ1) is 17.0. The maximum absolute atomic E-state index is 12.5. The number of benzene rings is 1. The van der Waals surface area contributed by atoms with Gasteiger partial charge in [0, 0.05) is 50.2 Å². The third-order valence-electron chi connectivity index (χ3n) is 5.40. The van der Waals surface area contributed by atoms with Crippen molar-refractivity contribution in [1.29, 1.82) is 0 Å². The van der Waals surface area contributed by atoms with E-state index in [9.17, 15) is 4.79 Å². The van der Waals surface area contributed by atoms with Gasteiger partial charge in [0.25, 0.3) is 0 Å². The molecule has 4 rings (SSSR count). The monoisotopic (exact) mass is 351 g/mol. The normalized spacial score (nSPS) is 23.1. The number of hydrogen-bond acceptors (Lipinski definition) is 5. The fourth-order valence-electron chi connectivity index (χ4n) is 3.88. The average molecular weight is 351 g/mol. The maximum Gasteiger partial charge on any atom is 0.239 e. The van der Waals surface area contributed by atoms with Crippen LogP contribution < -0.4 is 5.32 Å². The summed E-state index contributed by atoms with van der Waals surface area (Å²) in [6.45, 7) is 5.30. The molecule has 2 aliphatic heterocycles. The van der Waals surface area contributed by atoms with Gasteiger partial charge in [0.15, 0.2) is 0 Å². The molecule has 1 amide bonds. The molecule has 2 fully saturated rings. The van der Waals surface area contributed by atoms with Crippen LogP contribution in [0.5, 0.6) is 0 Å². The maximum atomic E-state index is 12.5. The molecule has 0 spiro atoms. The van der Waals surface area contributed by atoms with Crippen LogP contribution in [0.1, 0.15) is 30.9 Å². The SMILES string of the molecule is CC1C(=O)N2CCCC2CN1Cc1cnc(NCc2ccccc2)nc1. The van der Waals surface area contributed by atoms with Crippen molar-refractivity contribution in [2.45, 2.75) is 44.9 Å². The van der Waals surface area contributed by atoms with Crippen LogP contribution in [0.15, 0.2) is 42.7 Å². The van der Waals surface area contributed by atoms with Crippen LogP contribution in [-0.2, 0) is 17.9 Å². The highest BCUT2D eigenvalue weighted by Gasteiger charge is 2.39. The van der Waals surface area contributed by atoms with Crippen molar-refractivity contribution in [1.82, 2.24) is 19.8 Å². The summed E-state index contributed by atoms with van der Waals surface area (Å²) >= 11 is 0. The Kier molecular flexibility index (Phi) is 4.84. The Bertz CT molecular complexity index is 749. The first-order valence-corrected chi connectivity index (χ1v) is 9.34. The summed E-state index contributed by atoms with van der Waals surface area (Å²) in [5.74, 6) is 0.892. The van der Waals surface area contributed by atoms with Gasteiger partial charge >= 0.3 is 0 Å². The van der Waals surface area contributed by atoms with Crippen LogP contribution in [0.3, 0.4) is 0 Å². The molecule has 2 aliphatic rings. The summed E-state index contributed by atoms with van der Waals surface area (Å²) in [5.41, 5.74) is 2.24. The number of anilines is 1. The third-order valence-corrected chi connectivity index (χ3v) is 5.40. The summed E-state index contributed by atoms with van der Waals surface area (Å²) in [6.07, 6.45) is 5.97. The molecule has 2 unspecified atom stereocenters. The second-order valence-corrected chi connectivity index (χ2v) is 7.19. The summed E-state index contributed by atoms with van der Waals surface area (Å²) in [4.78, 5) is 25.7. The minimum Gasteiger partial charge on any atom is -0.350 e. The standard InChI is InChI=1S/C20H25N5O/c1-15-19(26)25-9-5-8-18(25)14-24(15)13-17-11-22-20(23-12-17)21-10-16-6-3-2-4-7-16/h2-4,6-7,11-12,15,18H,5,8-10,13-14H2,1H3,(H,21,22,23). The number of piperazine rings is 1. The fourth-order valence-corrected chi connectivity index (χ4v) is 3.88. The quantitative estimate of drug-likeness (QED) is 0.895. The minimum absolute atomic E-state index is 0.0692. The number of rotatable bonds is 5. The number of aromatic nitrogens is 2. The van der Waals surface area contributed by atoms with Gasteiger partial charge in [-0.15, -0.1) is 0 Å². The van der Waals surface area contributed by atoms with E-state index in [4.69, 9.17) is 0 Å². The lowest BCUT2D eigenvalue weighted by Gasteiger charge is -2.41.